The lowest BCUT2D eigenvalue weighted by Crippen LogP contribution is -2.15. The zero-order valence-electron chi connectivity index (χ0n) is 11.4. The molecule has 0 aliphatic carbocycles. The van der Waals surface area contributed by atoms with Crippen LogP contribution in [0.15, 0.2) is 30.5 Å². The lowest BCUT2D eigenvalue weighted by Gasteiger charge is -2.05. The smallest absolute Gasteiger partial charge is 0.107 e. The van der Waals surface area contributed by atoms with Crippen LogP contribution in [0.4, 0.5) is 5.69 Å². The zero-order valence-corrected chi connectivity index (χ0v) is 12.2. The van der Waals surface area contributed by atoms with E-state index in [9.17, 15) is 0 Å². The SMILES string of the molecule is CCc1cnc(CNCCCc2ccccc2N)s1. The van der Waals surface area contributed by atoms with Gasteiger partial charge in [0.05, 0.1) is 0 Å². The Morgan fingerprint density at radius 1 is 1.32 bits per heavy atom. The second kappa shape index (κ2) is 7.26. The van der Waals surface area contributed by atoms with Crippen molar-refractivity contribution in [3.8, 4) is 0 Å². The van der Waals surface area contributed by atoms with Crippen LogP contribution < -0.4 is 11.1 Å². The highest BCUT2D eigenvalue weighted by Crippen LogP contribution is 2.14. The van der Waals surface area contributed by atoms with Crippen LogP contribution >= 0.6 is 11.3 Å². The van der Waals surface area contributed by atoms with Gasteiger partial charge >= 0.3 is 0 Å². The maximum Gasteiger partial charge on any atom is 0.107 e. The first-order valence-corrected chi connectivity index (χ1v) is 7.59. The molecule has 0 unspecified atom stereocenters. The predicted molar refractivity (Wildman–Crippen MR) is 82.4 cm³/mol. The number of rotatable bonds is 7. The number of para-hydroxylation sites is 1. The molecule has 0 aliphatic rings. The topological polar surface area (TPSA) is 50.9 Å². The molecular weight excluding hydrogens is 254 g/mol. The van der Waals surface area contributed by atoms with E-state index in [0.29, 0.717) is 0 Å². The largest absolute Gasteiger partial charge is 0.399 e. The molecular formula is C15H21N3S. The fourth-order valence-electron chi connectivity index (χ4n) is 1.95. The number of nitrogen functional groups attached to an aromatic ring is 1. The number of benzene rings is 1. The summed E-state index contributed by atoms with van der Waals surface area (Å²) in [7, 11) is 0. The Balaban J connectivity index is 1.66. The summed E-state index contributed by atoms with van der Waals surface area (Å²) in [6.45, 7) is 4.03. The summed E-state index contributed by atoms with van der Waals surface area (Å²) in [6.07, 6.45) is 5.18. The summed E-state index contributed by atoms with van der Waals surface area (Å²) in [5.41, 5.74) is 8.06. The van der Waals surface area contributed by atoms with Gasteiger partial charge in [-0.25, -0.2) is 4.98 Å². The molecule has 3 N–H and O–H groups in total. The van der Waals surface area contributed by atoms with E-state index in [0.717, 1.165) is 38.0 Å². The number of nitrogens with one attached hydrogen (secondary N) is 1. The Bertz CT molecular complexity index is 508. The summed E-state index contributed by atoms with van der Waals surface area (Å²) < 4.78 is 0. The summed E-state index contributed by atoms with van der Waals surface area (Å²) >= 11 is 1.80. The molecule has 0 radical (unpaired) electrons. The maximum atomic E-state index is 5.92. The minimum Gasteiger partial charge on any atom is -0.399 e. The van der Waals surface area contributed by atoms with Crippen molar-refractivity contribution in [2.45, 2.75) is 32.7 Å². The zero-order chi connectivity index (χ0) is 13.5. The molecule has 0 bridgehead atoms. The molecule has 0 aliphatic heterocycles. The van der Waals surface area contributed by atoms with Crippen LogP contribution in [0.1, 0.15) is 28.8 Å². The summed E-state index contributed by atoms with van der Waals surface area (Å²) in [5, 5.41) is 4.61. The lowest BCUT2D eigenvalue weighted by atomic mass is 10.1. The number of hydrogen-bond donors (Lipinski definition) is 2. The lowest BCUT2D eigenvalue weighted by molar-refractivity contribution is 0.648. The van der Waals surface area contributed by atoms with Gasteiger partial charge in [-0.3, -0.25) is 0 Å². The van der Waals surface area contributed by atoms with Gasteiger partial charge in [0.1, 0.15) is 5.01 Å². The number of thiazole rings is 1. The molecule has 4 heteroatoms. The van der Waals surface area contributed by atoms with Gasteiger partial charge < -0.3 is 11.1 Å². The molecule has 0 saturated carbocycles. The Morgan fingerprint density at radius 2 is 2.16 bits per heavy atom. The molecule has 3 nitrogen and oxygen atoms in total. The van der Waals surface area contributed by atoms with Gasteiger partial charge in [0.2, 0.25) is 0 Å². The number of nitrogens with two attached hydrogens (primary N) is 1. The van der Waals surface area contributed by atoms with E-state index in [2.05, 4.69) is 23.3 Å². The van der Waals surface area contributed by atoms with Crippen LogP contribution in [0.25, 0.3) is 0 Å². The normalized spacial score (nSPS) is 10.8. The van der Waals surface area contributed by atoms with Crippen molar-refractivity contribution in [2.75, 3.05) is 12.3 Å². The fraction of sp³-hybridized carbons (Fsp3) is 0.400. The second-order valence-corrected chi connectivity index (χ2v) is 5.75. The number of hydrogen-bond acceptors (Lipinski definition) is 4. The average Bonchev–Trinajstić information content (AvgIpc) is 2.88. The van der Waals surface area contributed by atoms with Gasteiger partial charge in [-0.1, -0.05) is 25.1 Å². The van der Waals surface area contributed by atoms with E-state index in [-0.39, 0.29) is 0 Å². The van der Waals surface area contributed by atoms with E-state index >= 15 is 0 Å². The van der Waals surface area contributed by atoms with E-state index in [4.69, 9.17) is 5.73 Å². The summed E-state index contributed by atoms with van der Waals surface area (Å²) in [6, 6.07) is 8.08. The maximum absolute atomic E-state index is 5.92. The molecule has 0 saturated heterocycles. The third kappa shape index (κ3) is 4.33. The molecule has 19 heavy (non-hydrogen) atoms. The van der Waals surface area contributed by atoms with Crippen molar-refractivity contribution >= 4 is 17.0 Å². The van der Waals surface area contributed by atoms with Crippen LogP contribution in [0.5, 0.6) is 0 Å². The van der Waals surface area contributed by atoms with Gasteiger partial charge in [0.15, 0.2) is 0 Å². The molecule has 0 fully saturated rings. The molecule has 2 aromatic rings. The van der Waals surface area contributed by atoms with Gasteiger partial charge in [-0.2, -0.15) is 0 Å². The Hall–Kier alpha value is -1.39. The monoisotopic (exact) mass is 275 g/mol. The molecule has 0 amide bonds. The highest BCUT2D eigenvalue weighted by molar-refractivity contribution is 7.11. The number of aryl methyl sites for hydroxylation is 2. The van der Waals surface area contributed by atoms with Crippen molar-refractivity contribution < 1.29 is 0 Å². The second-order valence-electron chi connectivity index (χ2n) is 4.55. The quantitative estimate of drug-likeness (QED) is 0.603. The number of nitrogens with zero attached hydrogens (tertiary/aromatic N) is 1. The highest BCUT2D eigenvalue weighted by Gasteiger charge is 2.00. The molecule has 1 heterocycles. The van der Waals surface area contributed by atoms with E-state index in [1.807, 2.05) is 24.4 Å². The van der Waals surface area contributed by atoms with E-state index < -0.39 is 0 Å². The molecule has 1 aromatic carbocycles. The standard InChI is InChI=1S/C15H21N3S/c1-2-13-10-18-15(19-13)11-17-9-5-7-12-6-3-4-8-14(12)16/h3-4,6,8,10,17H,2,5,7,9,11,16H2,1H3. The average molecular weight is 275 g/mol. The first-order valence-electron chi connectivity index (χ1n) is 6.77. The van der Waals surface area contributed by atoms with Gasteiger partial charge in [0.25, 0.3) is 0 Å². The number of aromatic nitrogens is 1. The molecule has 0 spiro atoms. The van der Waals surface area contributed by atoms with Crippen molar-refractivity contribution in [1.82, 2.24) is 10.3 Å². The van der Waals surface area contributed by atoms with Crippen molar-refractivity contribution in [1.29, 1.82) is 0 Å². The van der Waals surface area contributed by atoms with Gasteiger partial charge in [0, 0.05) is 23.3 Å². The van der Waals surface area contributed by atoms with Crippen LogP contribution in [0.2, 0.25) is 0 Å². The predicted octanol–water partition coefficient (Wildman–Crippen LogP) is 3.01. The molecule has 2 rings (SSSR count). The minimum absolute atomic E-state index is 0.870. The van der Waals surface area contributed by atoms with Gasteiger partial charge in [-0.15, -0.1) is 11.3 Å². The number of anilines is 1. The van der Waals surface area contributed by atoms with Gasteiger partial charge in [-0.05, 0) is 37.4 Å². The first-order chi connectivity index (χ1) is 9.29. The first kappa shape index (κ1) is 14.0. The Morgan fingerprint density at radius 3 is 2.89 bits per heavy atom. The van der Waals surface area contributed by atoms with Crippen LogP contribution in [0.3, 0.4) is 0 Å². The highest BCUT2D eigenvalue weighted by atomic mass is 32.1. The third-order valence-corrected chi connectivity index (χ3v) is 4.22. The van der Waals surface area contributed by atoms with Crippen molar-refractivity contribution in [3.63, 3.8) is 0 Å². The molecule has 1 aromatic heterocycles. The molecule has 102 valence electrons. The van der Waals surface area contributed by atoms with E-state index in [1.165, 1.54) is 15.4 Å². The van der Waals surface area contributed by atoms with Crippen LogP contribution in [-0.2, 0) is 19.4 Å². The molecule has 0 atom stereocenters. The fourth-order valence-corrected chi connectivity index (χ4v) is 2.79. The van der Waals surface area contributed by atoms with Crippen LogP contribution in [-0.4, -0.2) is 11.5 Å². The minimum atomic E-state index is 0.870. The summed E-state index contributed by atoms with van der Waals surface area (Å²) in [4.78, 5) is 5.75. The Kier molecular flexibility index (Phi) is 5.36. The van der Waals surface area contributed by atoms with Crippen molar-refractivity contribution in [2.24, 2.45) is 0 Å². The third-order valence-electron chi connectivity index (χ3n) is 3.08. The van der Waals surface area contributed by atoms with E-state index in [1.54, 1.807) is 11.3 Å². The van der Waals surface area contributed by atoms with Crippen molar-refractivity contribution in [3.05, 3.63) is 45.9 Å². The summed E-state index contributed by atoms with van der Waals surface area (Å²) in [5.74, 6) is 0. The Labute approximate surface area is 118 Å². The van der Waals surface area contributed by atoms with Crippen LogP contribution in [0, 0.1) is 0 Å².